The number of hydrogen-bond donors (Lipinski definition) is 2. The number of nitrogens with zero attached hydrogens (tertiary/aromatic N) is 1. The van der Waals surface area contributed by atoms with Crippen LogP contribution in [-0.4, -0.2) is 18.0 Å². The van der Waals surface area contributed by atoms with Crippen LogP contribution in [0.2, 0.25) is 0 Å². The van der Waals surface area contributed by atoms with Crippen LogP contribution >= 0.6 is 11.3 Å². The standard InChI is InChI=1S/C14H17N3O2S/c1-3-10-7-16-13(20-10)8-17-14(18)9-4-5-11(15)12(6-9)19-2/h4-7H,3,8,15H2,1-2H3,(H,17,18). The maximum atomic E-state index is 12.0. The summed E-state index contributed by atoms with van der Waals surface area (Å²) >= 11 is 1.61. The van der Waals surface area contributed by atoms with Crippen molar-refractivity contribution in [2.75, 3.05) is 12.8 Å². The van der Waals surface area contributed by atoms with E-state index in [-0.39, 0.29) is 5.91 Å². The SMILES string of the molecule is CCc1cnc(CNC(=O)c2ccc(N)c(OC)c2)s1. The minimum atomic E-state index is -0.170. The fourth-order valence-corrected chi connectivity index (χ4v) is 2.51. The molecule has 0 saturated carbocycles. The van der Waals surface area contributed by atoms with Gasteiger partial charge in [-0.3, -0.25) is 4.79 Å². The van der Waals surface area contributed by atoms with Gasteiger partial charge in [-0.2, -0.15) is 0 Å². The van der Waals surface area contributed by atoms with Crippen LogP contribution in [0.15, 0.2) is 24.4 Å². The van der Waals surface area contributed by atoms with Gasteiger partial charge in [0.15, 0.2) is 0 Å². The Labute approximate surface area is 121 Å². The van der Waals surface area contributed by atoms with Gasteiger partial charge in [-0.15, -0.1) is 11.3 Å². The monoisotopic (exact) mass is 291 g/mol. The van der Waals surface area contributed by atoms with E-state index in [0.29, 0.717) is 23.5 Å². The van der Waals surface area contributed by atoms with E-state index in [2.05, 4.69) is 17.2 Å². The number of aromatic nitrogens is 1. The second-order valence-electron chi connectivity index (χ2n) is 4.21. The van der Waals surface area contributed by atoms with Gasteiger partial charge in [-0.25, -0.2) is 4.98 Å². The van der Waals surface area contributed by atoms with Crippen molar-refractivity contribution in [3.63, 3.8) is 0 Å². The summed E-state index contributed by atoms with van der Waals surface area (Å²) in [6.07, 6.45) is 2.80. The van der Waals surface area contributed by atoms with Crippen LogP contribution in [0.25, 0.3) is 0 Å². The lowest BCUT2D eigenvalue weighted by molar-refractivity contribution is 0.0950. The van der Waals surface area contributed by atoms with Gasteiger partial charge < -0.3 is 15.8 Å². The molecule has 1 aromatic carbocycles. The van der Waals surface area contributed by atoms with Crippen molar-refractivity contribution >= 4 is 22.9 Å². The lowest BCUT2D eigenvalue weighted by Crippen LogP contribution is -2.22. The summed E-state index contributed by atoms with van der Waals surface area (Å²) in [5.74, 6) is 0.330. The molecule has 3 N–H and O–H groups in total. The van der Waals surface area contributed by atoms with E-state index < -0.39 is 0 Å². The zero-order valence-electron chi connectivity index (χ0n) is 11.5. The number of ether oxygens (including phenoxy) is 1. The molecule has 2 rings (SSSR count). The number of carbonyl (C=O) groups excluding carboxylic acids is 1. The van der Waals surface area contributed by atoms with E-state index in [1.807, 2.05) is 6.20 Å². The number of amides is 1. The van der Waals surface area contributed by atoms with Crippen LogP contribution in [0.4, 0.5) is 5.69 Å². The number of aryl methyl sites for hydroxylation is 1. The molecule has 5 nitrogen and oxygen atoms in total. The van der Waals surface area contributed by atoms with Crippen molar-refractivity contribution in [3.05, 3.63) is 39.8 Å². The zero-order chi connectivity index (χ0) is 14.5. The highest BCUT2D eigenvalue weighted by Gasteiger charge is 2.09. The summed E-state index contributed by atoms with van der Waals surface area (Å²) in [5.41, 5.74) is 6.75. The van der Waals surface area contributed by atoms with Gasteiger partial charge in [0.2, 0.25) is 0 Å². The molecule has 0 aliphatic carbocycles. The maximum Gasteiger partial charge on any atom is 0.251 e. The topological polar surface area (TPSA) is 77.2 Å². The van der Waals surface area contributed by atoms with Gasteiger partial charge in [0.05, 0.1) is 19.3 Å². The smallest absolute Gasteiger partial charge is 0.251 e. The number of nitrogens with one attached hydrogen (secondary N) is 1. The molecule has 2 aromatic rings. The van der Waals surface area contributed by atoms with Crippen molar-refractivity contribution < 1.29 is 9.53 Å². The van der Waals surface area contributed by atoms with E-state index in [9.17, 15) is 4.79 Å². The molecule has 0 radical (unpaired) electrons. The molecule has 0 aliphatic rings. The van der Waals surface area contributed by atoms with Crippen LogP contribution in [-0.2, 0) is 13.0 Å². The van der Waals surface area contributed by atoms with Crippen molar-refractivity contribution in [2.24, 2.45) is 0 Å². The Morgan fingerprint density at radius 1 is 1.50 bits per heavy atom. The molecule has 0 bridgehead atoms. The lowest BCUT2D eigenvalue weighted by Gasteiger charge is -2.07. The zero-order valence-corrected chi connectivity index (χ0v) is 12.3. The molecular weight excluding hydrogens is 274 g/mol. The van der Waals surface area contributed by atoms with E-state index in [0.717, 1.165) is 11.4 Å². The predicted octanol–water partition coefficient (Wildman–Crippen LogP) is 2.23. The van der Waals surface area contributed by atoms with Gasteiger partial charge in [0.25, 0.3) is 5.91 Å². The number of rotatable bonds is 5. The second kappa shape index (κ2) is 6.38. The van der Waals surface area contributed by atoms with Gasteiger partial charge in [0.1, 0.15) is 10.8 Å². The van der Waals surface area contributed by atoms with E-state index in [4.69, 9.17) is 10.5 Å². The van der Waals surface area contributed by atoms with Gasteiger partial charge >= 0.3 is 0 Å². The fraction of sp³-hybridized carbons (Fsp3) is 0.286. The Balaban J connectivity index is 2.01. The molecular formula is C14H17N3O2S. The van der Waals surface area contributed by atoms with Crippen molar-refractivity contribution in [1.82, 2.24) is 10.3 Å². The highest BCUT2D eigenvalue weighted by Crippen LogP contribution is 2.22. The van der Waals surface area contributed by atoms with E-state index >= 15 is 0 Å². The maximum absolute atomic E-state index is 12.0. The average molecular weight is 291 g/mol. The highest BCUT2D eigenvalue weighted by atomic mass is 32.1. The quantitative estimate of drug-likeness (QED) is 0.828. The third-order valence-corrected chi connectivity index (χ3v) is 3.99. The molecule has 0 atom stereocenters. The lowest BCUT2D eigenvalue weighted by atomic mass is 10.2. The Kier molecular flexibility index (Phi) is 4.57. The van der Waals surface area contributed by atoms with Crippen LogP contribution in [0, 0.1) is 0 Å². The van der Waals surface area contributed by atoms with Gasteiger partial charge in [-0.1, -0.05) is 6.92 Å². The molecule has 20 heavy (non-hydrogen) atoms. The predicted molar refractivity (Wildman–Crippen MR) is 80.1 cm³/mol. The number of carbonyl (C=O) groups is 1. The molecule has 1 amide bonds. The summed E-state index contributed by atoms with van der Waals surface area (Å²) in [4.78, 5) is 17.5. The Morgan fingerprint density at radius 2 is 2.30 bits per heavy atom. The number of nitrogens with two attached hydrogens (primary N) is 1. The number of anilines is 1. The third-order valence-electron chi connectivity index (χ3n) is 2.85. The summed E-state index contributed by atoms with van der Waals surface area (Å²) in [6, 6.07) is 4.96. The van der Waals surface area contributed by atoms with Crippen molar-refractivity contribution in [2.45, 2.75) is 19.9 Å². The van der Waals surface area contributed by atoms with E-state index in [1.165, 1.54) is 12.0 Å². The molecule has 6 heteroatoms. The first-order chi connectivity index (χ1) is 9.63. The van der Waals surface area contributed by atoms with Crippen LogP contribution in [0.5, 0.6) is 5.75 Å². The first-order valence-electron chi connectivity index (χ1n) is 6.29. The summed E-state index contributed by atoms with van der Waals surface area (Å²) in [5, 5.41) is 3.74. The highest BCUT2D eigenvalue weighted by molar-refractivity contribution is 7.11. The van der Waals surface area contributed by atoms with Gasteiger partial charge in [-0.05, 0) is 24.6 Å². The summed E-state index contributed by atoms with van der Waals surface area (Å²) in [6.45, 7) is 2.51. The van der Waals surface area contributed by atoms with Crippen LogP contribution < -0.4 is 15.8 Å². The van der Waals surface area contributed by atoms with Crippen LogP contribution in [0.1, 0.15) is 27.2 Å². The average Bonchev–Trinajstić information content (AvgIpc) is 2.93. The second-order valence-corrected chi connectivity index (χ2v) is 5.41. The normalized spacial score (nSPS) is 10.3. The molecule has 1 heterocycles. The molecule has 0 saturated heterocycles. The molecule has 106 valence electrons. The van der Waals surface area contributed by atoms with Crippen molar-refractivity contribution in [1.29, 1.82) is 0 Å². The third kappa shape index (κ3) is 3.27. The first-order valence-corrected chi connectivity index (χ1v) is 7.11. The van der Waals surface area contributed by atoms with Gasteiger partial charge in [0, 0.05) is 16.6 Å². The first kappa shape index (κ1) is 14.3. The Morgan fingerprint density at radius 3 is 2.95 bits per heavy atom. The fourth-order valence-electron chi connectivity index (χ4n) is 1.70. The van der Waals surface area contributed by atoms with E-state index in [1.54, 1.807) is 29.5 Å². The molecule has 0 spiro atoms. The number of benzene rings is 1. The van der Waals surface area contributed by atoms with Crippen LogP contribution in [0.3, 0.4) is 0 Å². The van der Waals surface area contributed by atoms with Crippen molar-refractivity contribution in [3.8, 4) is 5.75 Å². The minimum absolute atomic E-state index is 0.170. The minimum Gasteiger partial charge on any atom is -0.495 e. The Hall–Kier alpha value is -2.08. The Bertz CT molecular complexity index is 610. The molecule has 0 unspecified atom stereocenters. The number of nitrogen functional groups attached to an aromatic ring is 1. The molecule has 0 fully saturated rings. The summed E-state index contributed by atoms with van der Waals surface area (Å²) < 4.78 is 5.10. The number of hydrogen-bond acceptors (Lipinski definition) is 5. The molecule has 1 aromatic heterocycles. The summed E-state index contributed by atoms with van der Waals surface area (Å²) in [7, 11) is 1.52. The number of thiazole rings is 1. The molecule has 0 aliphatic heterocycles. The largest absolute Gasteiger partial charge is 0.495 e. The number of methoxy groups -OCH3 is 1.